The molecule has 3 N–H and O–H groups in total. The van der Waals surface area contributed by atoms with Gasteiger partial charge in [0.2, 0.25) is 0 Å². The average Bonchev–Trinajstić information content (AvgIpc) is 2.55. The van der Waals surface area contributed by atoms with Crippen LogP contribution in [0.5, 0.6) is 0 Å². The van der Waals surface area contributed by atoms with Crippen molar-refractivity contribution in [1.29, 1.82) is 0 Å². The Bertz CT molecular complexity index is 541. The van der Waals surface area contributed by atoms with E-state index in [1.165, 1.54) is 0 Å². The molecule has 0 atom stereocenters. The first-order valence-electron chi connectivity index (χ1n) is 4.07. The Labute approximate surface area is 83.4 Å². The number of hydrogen-bond acceptors (Lipinski definition) is 4. The van der Waals surface area contributed by atoms with E-state index in [1.807, 2.05) is 0 Å². The monoisotopic (exact) mass is 208 g/mol. The summed E-state index contributed by atoms with van der Waals surface area (Å²) >= 11 is 1.13. The average molecular weight is 208 g/mol. The highest BCUT2D eigenvalue weighted by atomic mass is 32.1. The van der Waals surface area contributed by atoms with Crippen LogP contribution in [-0.2, 0) is 0 Å². The number of thiazole rings is 1. The molecule has 72 valence electrons. The number of fused-ring (bicyclic) bond motifs is 1. The Hall–Kier alpha value is -1.46. The van der Waals surface area contributed by atoms with Crippen LogP contribution < -0.4 is 10.6 Å². The molecule has 2 rings (SSSR count). The van der Waals surface area contributed by atoms with Crippen molar-refractivity contribution < 1.29 is 4.79 Å². The fraction of sp³-hybridized carbons (Fsp3) is 0.111. The van der Waals surface area contributed by atoms with Crippen LogP contribution in [0.15, 0.2) is 23.0 Å². The summed E-state index contributed by atoms with van der Waals surface area (Å²) in [6.45, 7) is -0.0140. The van der Waals surface area contributed by atoms with Crippen molar-refractivity contribution >= 4 is 27.3 Å². The first-order chi connectivity index (χ1) is 6.70. The summed E-state index contributed by atoms with van der Waals surface area (Å²) in [6.07, 6.45) is 0. The van der Waals surface area contributed by atoms with E-state index in [9.17, 15) is 9.59 Å². The normalized spacial score (nSPS) is 10.6. The molecule has 0 bridgehead atoms. The van der Waals surface area contributed by atoms with Gasteiger partial charge in [-0.25, -0.2) is 0 Å². The fourth-order valence-corrected chi connectivity index (χ4v) is 1.96. The topological polar surface area (TPSA) is 76.0 Å². The van der Waals surface area contributed by atoms with Crippen LogP contribution in [-0.4, -0.2) is 17.3 Å². The van der Waals surface area contributed by atoms with Gasteiger partial charge >= 0.3 is 4.87 Å². The number of benzene rings is 1. The summed E-state index contributed by atoms with van der Waals surface area (Å²) in [5.74, 6) is -0.126. The summed E-state index contributed by atoms with van der Waals surface area (Å²) in [6, 6.07) is 5.09. The van der Waals surface area contributed by atoms with E-state index in [2.05, 4.69) is 4.98 Å². The number of rotatable bonds is 2. The highest BCUT2D eigenvalue weighted by Crippen LogP contribution is 2.15. The van der Waals surface area contributed by atoms with E-state index in [0.29, 0.717) is 11.1 Å². The molecular formula is C9H8N2O2S. The Balaban J connectivity index is 2.61. The molecule has 0 aliphatic heterocycles. The SMILES string of the molecule is NCC(=O)c1ccc2sc(=O)[nH]c2c1. The van der Waals surface area contributed by atoms with Crippen molar-refractivity contribution in [2.75, 3.05) is 6.54 Å². The van der Waals surface area contributed by atoms with Gasteiger partial charge in [-0.15, -0.1) is 0 Å². The minimum absolute atomic E-state index is 0.0140. The number of ketones is 1. The first kappa shape index (κ1) is 9.11. The molecule has 0 fully saturated rings. The number of carbonyl (C=O) groups excluding carboxylic acids is 1. The number of aromatic nitrogens is 1. The zero-order valence-corrected chi connectivity index (χ0v) is 8.06. The molecule has 14 heavy (non-hydrogen) atoms. The molecule has 0 saturated heterocycles. The van der Waals surface area contributed by atoms with Gasteiger partial charge in [-0.05, 0) is 18.2 Å². The maximum absolute atomic E-state index is 11.3. The smallest absolute Gasteiger partial charge is 0.305 e. The van der Waals surface area contributed by atoms with Crippen molar-refractivity contribution in [3.8, 4) is 0 Å². The van der Waals surface area contributed by atoms with Gasteiger partial charge in [0.15, 0.2) is 5.78 Å². The number of nitrogens with two attached hydrogens (primary N) is 1. The van der Waals surface area contributed by atoms with Crippen LogP contribution in [0.1, 0.15) is 10.4 Å². The molecule has 1 heterocycles. The molecule has 1 aromatic heterocycles. The van der Waals surface area contributed by atoms with Gasteiger partial charge in [0.1, 0.15) is 0 Å². The number of hydrogen-bond donors (Lipinski definition) is 2. The van der Waals surface area contributed by atoms with E-state index >= 15 is 0 Å². The molecule has 0 amide bonds. The molecule has 0 radical (unpaired) electrons. The predicted octanol–water partition coefficient (Wildman–Crippen LogP) is 0.731. The molecule has 0 saturated carbocycles. The lowest BCUT2D eigenvalue weighted by molar-refractivity contribution is 0.100. The standard InChI is InChI=1S/C9H8N2O2S/c10-4-7(12)5-1-2-8-6(3-5)11-9(13)14-8/h1-3H,4,10H2,(H,11,13). The minimum atomic E-state index is -0.126. The highest BCUT2D eigenvalue weighted by molar-refractivity contribution is 7.16. The number of aromatic amines is 1. The lowest BCUT2D eigenvalue weighted by Crippen LogP contribution is -2.13. The van der Waals surface area contributed by atoms with Crippen LogP contribution in [0.25, 0.3) is 10.2 Å². The number of H-pyrrole nitrogens is 1. The quantitative estimate of drug-likeness (QED) is 0.714. The van der Waals surface area contributed by atoms with Crippen molar-refractivity contribution in [3.63, 3.8) is 0 Å². The van der Waals surface area contributed by atoms with Crippen LogP contribution in [0, 0.1) is 0 Å². The second-order valence-electron chi connectivity index (χ2n) is 2.85. The zero-order valence-electron chi connectivity index (χ0n) is 7.24. The lowest BCUT2D eigenvalue weighted by atomic mass is 10.1. The largest absolute Gasteiger partial charge is 0.324 e. The Morgan fingerprint density at radius 2 is 2.29 bits per heavy atom. The van der Waals surface area contributed by atoms with E-state index in [0.717, 1.165) is 16.0 Å². The van der Waals surface area contributed by atoms with Crippen molar-refractivity contribution in [1.82, 2.24) is 4.98 Å². The number of nitrogens with one attached hydrogen (secondary N) is 1. The van der Waals surface area contributed by atoms with Gasteiger partial charge in [0.25, 0.3) is 0 Å². The van der Waals surface area contributed by atoms with Gasteiger partial charge in [0, 0.05) is 5.56 Å². The van der Waals surface area contributed by atoms with Crippen molar-refractivity contribution in [2.24, 2.45) is 5.73 Å². The third-order valence-electron chi connectivity index (χ3n) is 1.93. The van der Waals surface area contributed by atoms with E-state index in [1.54, 1.807) is 18.2 Å². The molecule has 0 aliphatic rings. The fourth-order valence-electron chi connectivity index (χ4n) is 1.24. The predicted molar refractivity (Wildman–Crippen MR) is 55.8 cm³/mol. The molecule has 0 aliphatic carbocycles. The molecular weight excluding hydrogens is 200 g/mol. The lowest BCUT2D eigenvalue weighted by Gasteiger charge is -1.96. The first-order valence-corrected chi connectivity index (χ1v) is 4.88. The van der Waals surface area contributed by atoms with Crippen molar-refractivity contribution in [3.05, 3.63) is 33.4 Å². The summed E-state index contributed by atoms with van der Waals surface area (Å²) in [5, 5.41) is 0. The molecule has 0 unspecified atom stereocenters. The Morgan fingerprint density at radius 3 is 3.00 bits per heavy atom. The maximum Gasteiger partial charge on any atom is 0.305 e. The molecule has 2 aromatic rings. The van der Waals surface area contributed by atoms with Crippen LogP contribution >= 0.6 is 11.3 Å². The van der Waals surface area contributed by atoms with Crippen LogP contribution in [0.3, 0.4) is 0 Å². The van der Waals surface area contributed by atoms with Gasteiger partial charge in [0.05, 0.1) is 16.8 Å². The second kappa shape index (κ2) is 3.36. The van der Waals surface area contributed by atoms with Gasteiger partial charge < -0.3 is 10.7 Å². The van der Waals surface area contributed by atoms with E-state index < -0.39 is 0 Å². The van der Waals surface area contributed by atoms with Gasteiger partial charge in [-0.2, -0.15) is 0 Å². The molecule has 5 heteroatoms. The third-order valence-corrected chi connectivity index (χ3v) is 2.79. The summed E-state index contributed by atoms with van der Waals surface area (Å²) in [5.41, 5.74) is 6.46. The zero-order chi connectivity index (χ0) is 10.1. The Kier molecular flexibility index (Phi) is 2.18. The maximum atomic E-state index is 11.3. The van der Waals surface area contributed by atoms with E-state index in [4.69, 9.17) is 5.73 Å². The number of Topliss-reactive ketones (excluding diaryl/α,β-unsaturated/α-hetero) is 1. The molecule has 4 nitrogen and oxygen atoms in total. The van der Waals surface area contributed by atoms with Crippen LogP contribution in [0.4, 0.5) is 0 Å². The third kappa shape index (κ3) is 1.47. The summed E-state index contributed by atoms with van der Waals surface area (Å²) in [7, 11) is 0. The minimum Gasteiger partial charge on any atom is -0.324 e. The summed E-state index contributed by atoms with van der Waals surface area (Å²) in [4.78, 5) is 24.8. The number of carbonyl (C=O) groups is 1. The van der Waals surface area contributed by atoms with Crippen molar-refractivity contribution in [2.45, 2.75) is 0 Å². The van der Waals surface area contributed by atoms with E-state index in [-0.39, 0.29) is 17.2 Å². The second-order valence-corrected chi connectivity index (χ2v) is 3.87. The van der Waals surface area contributed by atoms with Crippen LogP contribution in [0.2, 0.25) is 0 Å². The van der Waals surface area contributed by atoms with Gasteiger partial charge in [-0.3, -0.25) is 9.59 Å². The Morgan fingerprint density at radius 1 is 1.50 bits per heavy atom. The van der Waals surface area contributed by atoms with Gasteiger partial charge in [-0.1, -0.05) is 11.3 Å². The highest BCUT2D eigenvalue weighted by Gasteiger charge is 2.05. The molecule has 0 spiro atoms. The summed E-state index contributed by atoms with van der Waals surface area (Å²) < 4.78 is 0.851. The molecule has 1 aromatic carbocycles.